The Morgan fingerprint density at radius 2 is 2.29 bits per heavy atom. The first kappa shape index (κ1) is 19.2. The number of likely N-dealkylation sites (tertiary alicyclic amines) is 1. The molecule has 136 valence electrons. The molecule has 1 aromatic heterocycles. The molecular weight excluding hydrogens is 318 g/mol. The molecule has 1 aliphatic heterocycles. The lowest BCUT2D eigenvalue weighted by Crippen LogP contribution is -2.40. The number of nitrogens with zero attached hydrogens (tertiary/aromatic N) is 3. The van der Waals surface area contributed by atoms with Gasteiger partial charge in [-0.2, -0.15) is 0 Å². The number of hydrogen-bond acceptors (Lipinski definition) is 4. The van der Waals surface area contributed by atoms with Crippen LogP contribution < -0.4 is 10.6 Å². The van der Waals surface area contributed by atoms with Crippen molar-refractivity contribution in [2.45, 2.75) is 46.5 Å². The highest BCUT2D eigenvalue weighted by Gasteiger charge is 2.15. The van der Waals surface area contributed by atoms with Crippen LogP contribution in [-0.4, -0.2) is 55.1 Å². The van der Waals surface area contributed by atoms with E-state index in [1.165, 1.54) is 35.8 Å². The second kappa shape index (κ2) is 10.7. The van der Waals surface area contributed by atoms with Crippen LogP contribution in [0.1, 0.15) is 43.5 Å². The van der Waals surface area contributed by atoms with Crippen LogP contribution in [0.4, 0.5) is 0 Å². The van der Waals surface area contributed by atoms with E-state index < -0.39 is 0 Å². The van der Waals surface area contributed by atoms with Crippen molar-refractivity contribution in [3.63, 3.8) is 0 Å². The van der Waals surface area contributed by atoms with E-state index in [1.54, 1.807) is 0 Å². The average molecular weight is 352 g/mol. The lowest BCUT2D eigenvalue weighted by atomic mass is 10.0. The molecule has 1 aromatic rings. The van der Waals surface area contributed by atoms with Crippen LogP contribution in [0.3, 0.4) is 0 Å². The smallest absolute Gasteiger partial charge is 0.191 e. The Morgan fingerprint density at radius 1 is 1.42 bits per heavy atom. The van der Waals surface area contributed by atoms with Gasteiger partial charge in [-0.15, -0.1) is 11.3 Å². The predicted molar refractivity (Wildman–Crippen MR) is 104 cm³/mol. The van der Waals surface area contributed by atoms with E-state index in [0.29, 0.717) is 0 Å². The van der Waals surface area contributed by atoms with E-state index in [-0.39, 0.29) is 0 Å². The van der Waals surface area contributed by atoms with E-state index >= 15 is 0 Å². The molecule has 0 aromatic carbocycles. The second-order valence-corrected chi connectivity index (χ2v) is 7.76. The number of nitrogens with one attached hydrogen (secondary N) is 2. The number of hydrogen-bond donors (Lipinski definition) is 2. The van der Waals surface area contributed by atoms with Crippen molar-refractivity contribution in [2.75, 3.05) is 39.3 Å². The van der Waals surface area contributed by atoms with Crippen LogP contribution in [-0.2, 0) is 12.8 Å². The van der Waals surface area contributed by atoms with Crippen LogP contribution in [0.2, 0.25) is 0 Å². The Labute approximate surface area is 151 Å². The first-order valence-electron chi connectivity index (χ1n) is 9.39. The van der Waals surface area contributed by atoms with E-state index in [9.17, 15) is 0 Å². The summed E-state index contributed by atoms with van der Waals surface area (Å²) in [7, 11) is 0. The summed E-state index contributed by atoms with van der Waals surface area (Å²) in [6.45, 7) is 12.8. The fourth-order valence-corrected chi connectivity index (χ4v) is 3.91. The number of aliphatic imine (C=N–C) groups is 1. The Bertz CT molecular complexity index is 499. The SMILES string of the molecule is CCNC(=NCCN1CCCC(C)C1)NCCc1ncc(CC)s1. The third-order valence-electron chi connectivity index (χ3n) is 4.35. The van der Waals surface area contributed by atoms with Crippen molar-refractivity contribution in [1.82, 2.24) is 20.5 Å². The summed E-state index contributed by atoms with van der Waals surface area (Å²) < 4.78 is 0. The molecule has 0 bridgehead atoms. The minimum absolute atomic E-state index is 0.834. The molecule has 2 rings (SSSR count). The Hall–Kier alpha value is -1.14. The predicted octanol–water partition coefficient (Wildman–Crippen LogP) is 2.54. The number of aromatic nitrogens is 1. The topological polar surface area (TPSA) is 52.6 Å². The van der Waals surface area contributed by atoms with Gasteiger partial charge in [0.2, 0.25) is 0 Å². The van der Waals surface area contributed by atoms with Gasteiger partial charge in [0, 0.05) is 43.7 Å². The molecule has 1 fully saturated rings. The molecule has 2 N–H and O–H groups in total. The first-order valence-corrected chi connectivity index (χ1v) is 10.2. The molecule has 0 spiro atoms. The standard InChI is InChI=1S/C18H33N5S/c1-4-16-13-22-17(24-16)8-9-20-18(19-5-2)21-10-12-23-11-6-7-15(3)14-23/h13,15H,4-12,14H2,1-3H3,(H2,19,20,21). The zero-order valence-electron chi connectivity index (χ0n) is 15.5. The van der Waals surface area contributed by atoms with Crippen molar-refractivity contribution in [3.8, 4) is 0 Å². The van der Waals surface area contributed by atoms with Crippen LogP contribution >= 0.6 is 11.3 Å². The minimum atomic E-state index is 0.834. The molecule has 5 nitrogen and oxygen atoms in total. The van der Waals surface area contributed by atoms with E-state index in [0.717, 1.165) is 50.9 Å². The van der Waals surface area contributed by atoms with Gasteiger partial charge in [-0.3, -0.25) is 4.99 Å². The summed E-state index contributed by atoms with van der Waals surface area (Å²) in [6, 6.07) is 0. The summed E-state index contributed by atoms with van der Waals surface area (Å²) in [6.07, 6.45) is 6.74. The van der Waals surface area contributed by atoms with Crippen molar-refractivity contribution >= 4 is 17.3 Å². The molecule has 1 atom stereocenters. The summed E-state index contributed by atoms with van der Waals surface area (Å²) >= 11 is 1.82. The number of guanidine groups is 1. The maximum Gasteiger partial charge on any atom is 0.191 e. The minimum Gasteiger partial charge on any atom is -0.357 e. The quantitative estimate of drug-likeness (QED) is 0.558. The molecule has 1 saturated heterocycles. The number of piperidine rings is 1. The maximum absolute atomic E-state index is 4.72. The monoisotopic (exact) mass is 351 g/mol. The van der Waals surface area contributed by atoms with Gasteiger partial charge < -0.3 is 15.5 Å². The van der Waals surface area contributed by atoms with E-state index in [2.05, 4.69) is 41.3 Å². The molecule has 0 amide bonds. The van der Waals surface area contributed by atoms with Gasteiger partial charge in [-0.1, -0.05) is 13.8 Å². The van der Waals surface area contributed by atoms with E-state index in [1.807, 2.05) is 17.5 Å². The second-order valence-electron chi connectivity index (χ2n) is 6.56. The number of aryl methyl sites for hydroxylation is 1. The van der Waals surface area contributed by atoms with Gasteiger partial charge in [-0.25, -0.2) is 4.98 Å². The normalized spacial score (nSPS) is 19.5. The maximum atomic E-state index is 4.72. The largest absolute Gasteiger partial charge is 0.357 e. The van der Waals surface area contributed by atoms with Crippen molar-refractivity contribution in [1.29, 1.82) is 0 Å². The zero-order valence-corrected chi connectivity index (χ0v) is 16.3. The highest BCUT2D eigenvalue weighted by molar-refractivity contribution is 7.11. The molecule has 1 unspecified atom stereocenters. The lowest BCUT2D eigenvalue weighted by Gasteiger charge is -2.30. The highest BCUT2D eigenvalue weighted by Crippen LogP contribution is 2.15. The first-order chi connectivity index (χ1) is 11.7. The lowest BCUT2D eigenvalue weighted by molar-refractivity contribution is 0.189. The fourth-order valence-electron chi connectivity index (χ4n) is 3.05. The number of thiazole rings is 1. The summed E-state index contributed by atoms with van der Waals surface area (Å²) in [4.78, 5) is 13.1. The Balaban J connectivity index is 1.71. The van der Waals surface area contributed by atoms with Gasteiger partial charge >= 0.3 is 0 Å². The highest BCUT2D eigenvalue weighted by atomic mass is 32.1. The Morgan fingerprint density at radius 3 is 3.00 bits per heavy atom. The Kier molecular flexibility index (Phi) is 8.53. The van der Waals surface area contributed by atoms with Crippen LogP contribution in [0.5, 0.6) is 0 Å². The third-order valence-corrected chi connectivity index (χ3v) is 5.55. The van der Waals surface area contributed by atoms with E-state index in [4.69, 9.17) is 4.99 Å². The fraction of sp³-hybridized carbons (Fsp3) is 0.778. The van der Waals surface area contributed by atoms with Gasteiger partial charge in [0.05, 0.1) is 11.6 Å². The van der Waals surface area contributed by atoms with Crippen LogP contribution in [0, 0.1) is 5.92 Å². The summed E-state index contributed by atoms with van der Waals surface area (Å²) in [5.74, 6) is 1.76. The molecule has 24 heavy (non-hydrogen) atoms. The van der Waals surface area contributed by atoms with Crippen molar-refractivity contribution in [2.24, 2.45) is 10.9 Å². The molecule has 6 heteroatoms. The molecular formula is C18H33N5S. The molecule has 0 saturated carbocycles. The summed E-state index contributed by atoms with van der Waals surface area (Å²) in [5, 5.41) is 7.97. The van der Waals surface area contributed by atoms with Gasteiger partial charge in [-0.05, 0) is 38.6 Å². The van der Waals surface area contributed by atoms with Gasteiger partial charge in [0.25, 0.3) is 0 Å². The molecule has 0 radical (unpaired) electrons. The third kappa shape index (κ3) is 6.77. The molecule has 0 aliphatic carbocycles. The van der Waals surface area contributed by atoms with Crippen molar-refractivity contribution in [3.05, 3.63) is 16.1 Å². The number of rotatable bonds is 8. The average Bonchev–Trinajstić information content (AvgIpc) is 3.03. The van der Waals surface area contributed by atoms with Crippen LogP contribution in [0.15, 0.2) is 11.2 Å². The zero-order chi connectivity index (χ0) is 17.2. The summed E-state index contributed by atoms with van der Waals surface area (Å²) in [5.41, 5.74) is 0. The molecule has 2 heterocycles. The van der Waals surface area contributed by atoms with Gasteiger partial charge in [0.15, 0.2) is 5.96 Å². The molecule has 1 aliphatic rings. The van der Waals surface area contributed by atoms with Crippen molar-refractivity contribution < 1.29 is 0 Å². The van der Waals surface area contributed by atoms with Gasteiger partial charge in [0.1, 0.15) is 0 Å². The van der Waals surface area contributed by atoms with Crippen LogP contribution in [0.25, 0.3) is 0 Å².